The molecule has 1 N–H and O–H groups in total. The minimum Gasteiger partial charge on any atom is -0.394 e. The van der Waals surface area contributed by atoms with Gasteiger partial charge in [-0.2, -0.15) is 0 Å². The van der Waals surface area contributed by atoms with Gasteiger partial charge in [0.1, 0.15) is 0 Å². The van der Waals surface area contributed by atoms with Crippen LogP contribution in [0.5, 0.6) is 0 Å². The minimum atomic E-state index is -0.0467. The fourth-order valence-electron chi connectivity index (χ4n) is 2.33. The molecular weight excluding hydrogens is 282 g/mol. The Bertz CT molecular complexity index is 422. The van der Waals surface area contributed by atoms with Crippen molar-refractivity contribution in [2.75, 3.05) is 13.2 Å². The summed E-state index contributed by atoms with van der Waals surface area (Å²) >= 11 is 3.39. The van der Waals surface area contributed by atoms with Crippen LogP contribution in [0.25, 0.3) is 0 Å². The van der Waals surface area contributed by atoms with E-state index in [2.05, 4.69) is 22.9 Å². The van der Waals surface area contributed by atoms with Crippen molar-refractivity contribution >= 4 is 21.8 Å². The zero-order valence-electron chi connectivity index (χ0n) is 9.77. The number of aliphatic hydroxyl groups excluding tert-OH is 1. The van der Waals surface area contributed by atoms with Crippen LogP contribution >= 0.6 is 15.9 Å². The SMILES string of the molecule is CC1CCN(C(=O)c2ccccc2Br)C1CO. The quantitative estimate of drug-likeness (QED) is 0.910. The first-order chi connectivity index (χ1) is 8.15. The number of halogens is 1. The Morgan fingerprint density at radius 1 is 1.53 bits per heavy atom. The maximum atomic E-state index is 12.4. The van der Waals surface area contributed by atoms with E-state index in [0.717, 1.165) is 17.4 Å². The summed E-state index contributed by atoms with van der Waals surface area (Å²) in [5.41, 5.74) is 0.667. The molecule has 2 atom stereocenters. The molecule has 0 saturated carbocycles. The number of hydrogen-bond donors (Lipinski definition) is 1. The van der Waals surface area contributed by atoms with Crippen LogP contribution in [-0.2, 0) is 0 Å². The summed E-state index contributed by atoms with van der Waals surface area (Å²) in [6.45, 7) is 2.85. The van der Waals surface area contributed by atoms with Crippen molar-refractivity contribution in [2.24, 2.45) is 5.92 Å². The first kappa shape index (κ1) is 12.6. The number of carbonyl (C=O) groups is 1. The standard InChI is InChI=1S/C13H16BrNO2/c1-9-6-7-15(12(9)8-16)13(17)10-4-2-3-5-11(10)14/h2-5,9,12,16H,6-8H2,1H3. The lowest BCUT2D eigenvalue weighted by atomic mass is 10.0. The van der Waals surface area contributed by atoms with E-state index in [1.54, 1.807) is 4.90 Å². The Kier molecular flexibility index (Phi) is 3.84. The summed E-state index contributed by atoms with van der Waals surface area (Å²) in [5.74, 6) is 0.368. The second-order valence-electron chi connectivity index (χ2n) is 4.49. The van der Waals surface area contributed by atoms with Gasteiger partial charge in [0.05, 0.1) is 18.2 Å². The molecule has 1 fully saturated rings. The second kappa shape index (κ2) is 5.19. The van der Waals surface area contributed by atoms with Crippen LogP contribution in [0.2, 0.25) is 0 Å². The molecule has 2 unspecified atom stereocenters. The van der Waals surface area contributed by atoms with Crippen molar-refractivity contribution in [3.63, 3.8) is 0 Å². The molecule has 1 saturated heterocycles. The molecule has 0 radical (unpaired) electrons. The number of hydrogen-bond acceptors (Lipinski definition) is 2. The van der Waals surface area contributed by atoms with Gasteiger partial charge in [0.15, 0.2) is 0 Å². The van der Waals surface area contributed by atoms with Gasteiger partial charge in [-0.25, -0.2) is 0 Å². The number of benzene rings is 1. The number of nitrogens with zero attached hydrogens (tertiary/aromatic N) is 1. The summed E-state index contributed by atoms with van der Waals surface area (Å²) in [4.78, 5) is 14.1. The number of carbonyl (C=O) groups excluding carboxylic acids is 1. The summed E-state index contributed by atoms with van der Waals surface area (Å²) in [6, 6.07) is 7.36. The molecule has 0 bridgehead atoms. The van der Waals surface area contributed by atoms with E-state index in [0.29, 0.717) is 11.5 Å². The number of aliphatic hydroxyl groups is 1. The third-order valence-electron chi connectivity index (χ3n) is 3.43. The maximum absolute atomic E-state index is 12.4. The van der Waals surface area contributed by atoms with Gasteiger partial charge in [-0.15, -0.1) is 0 Å². The molecule has 1 heterocycles. The van der Waals surface area contributed by atoms with Crippen molar-refractivity contribution in [1.29, 1.82) is 0 Å². The number of amides is 1. The second-order valence-corrected chi connectivity index (χ2v) is 5.35. The van der Waals surface area contributed by atoms with Crippen LogP contribution < -0.4 is 0 Å². The number of likely N-dealkylation sites (tertiary alicyclic amines) is 1. The van der Waals surface area contributed by atoms with Gasteiger partial charge in [0.25, 0.3) is 5.91 Å². The summed E-state index contributed by atoms with van der Waals surface area (Å²) in [5, 5.41) is 9.37. The van der Waals surface area contributed by atoms with E-state index in [-0.39, 0.29) is 18.6 Å². The lowest BCUT2D eigenvalue weighted by Gasteiger charge is -2.25. The van der Waals surface area contributed by atoms with Crippen LogP contribution in [0, 0.1) is 5.92 Å². The molecule has 17 heavy (non-hydrogen) atoms. The normalized spacial score (nSPS) is 24.1. The topological polar surface area (TPSA) is 40.5 Å². The molecule has 3 nitrogen and oxygen atoms in total. The predicted octanol–water partition coefficient (Wildman–Crippen LogP) is 2.29. The first-order valence-electron chi connectivity index (χ1n) is 5.81. The van der Waals surface area contributed by atoms with E-state index in [1.807, 2.05) is 24.3 Å². The van der Waals surface area contributed by atoms with Crippen LogP contribution in [0.4, 0.5) is 0 Å². The van der Waals surface area contributed by atoms with Gasteiger partial charge >= 0.3 is 0 Å². The Morgan fingerprint density at radius 2 is 2.24 bits per heavy atom. The average Bonchev–Trinajstić information content (AvgIpc) is 2.70. The molecule has 1 aliphatic rings. The molecule has 0 spiro atoms. The Balaban J connectivity index is 2.24. The predicted molar refractivity (Wildman–Crippen MR) is 69.8 cm³/mol. The molecule has 1 aliphatic heterocycles. The van der Waals surface area contributed by atoms with Gasteiger partial charge < -0.3 is 10.0 Å². The molecule has 1 aromatic rings. The van der Waals surface area contributed by atoms with Crippen LogP contribution in [-0.4, -0.2) is 35.1 Å². The third kappa shape index (κ3) is 2.38. The Morgan fingerprint density at radius 3 is 2.88 bits per heavy atom. The van der Waals surface area contributed by atoms with Crippen molar-refractivity contribution in [2.45, 2.75) is 19.4 Å². The van der Waals surface area contributed by atoms with Gasteiger partial charge in [-0.3, -0.25) is 4.79 Å². The first-order valence-corrected chi connectivity index (χ1v) is 6.60. The highest BCUT2D eigenvalue weighted by Crippen LogP contribution is 2.27. The number of rotatable bonds is 2. The van der Waals surface area contributed by atoms with Crippen molar-refractivity contribution in [1.82, 2.24) is 4.90 Å². The fraction of sp³-hybridized carbons (Fsp3) is 0.462. The maximum Gasteiger partial charge on any atom is 0.255 e. The highest BCUT2D eigenvalue weighted by atomic mass is 79.9. The highest BCUT2D eigenvalue weighted by Gasteiger charge is 2.34. The van der Waals surface area contributed by atoms with E-state index in [4.69, 9.17) is 0 Å². The highest BCUT2D eigenvalue weighted by molar-refractivity contribution is 9.10. The molecular formula is C13H16BrNO2. The van der Waals surface area contributed by atoms with Crippen LogP contribution in [0.1, 0.15) is 23.7 Å². The molecule has 92 valence electrons. The van der Waals surface area contributed by atoms with Crippen molar-refractivity contribution in [3.05, 3.63) is 34.3 Å². The average molecular weight is 298 g/mol. The van der Waals surface area contributed by atoms with E-state index >= 15 is 0 Å². The lowest BCUT2D eigenvalue weighted by Crippen LogP contribution is -2.39. The molecule has 1 amide bonds. The Labute approximate surface area is 110 Å². The molecule has 0 aromatic heterocycles. The fourth-order valence-corrected chi connectivity index (χ4v) is 2.78. The molecule has 2 rings (SSSR count). The lowest BCUT2D eigenvalue weighted by molar-refractivity contribution is 0.0647. The van der Waals surface area contributed by atoms with Crippen molar-refractivity contribution < 1.29 is 9.90 Å². The third-order valence-corrected chi connectivity index (χ3v) is 4.13. The van der Waals surface area contributed by atoms with Gasteiger partial charge in [-0.1, -0.05) is 19.1 Å². The van der Waals surface area contributed by atoms with Crippen LogP contribution in [0.3, 0.4) is 0 Å². The smallest absolute Gasteiger partial charge is 0.255 e. The zero-order chi connectivity index (χ0) is 12.4. The van der Waals surface area contributed by atoms with Gasteiger partial charge in [-0.05, 0) is 40.4 Å². The molecule has 4 heteroatoms. The molecule has 1 aromatic carbocycles. The minimum absolute atomic E-state index is 0.000810. The van der Waals surface area contributed by atoms with Crippen molar-refractivity contribution in [3.8, 4) is 0 Å². The zero-order valence-corrected chi connectivity index (χ0v) is 11.4. The van der Waals surface area contributed by atoms with Gasteiger partial charge in [0.2, 0.25) is 0 Å². The van der Waals surface area contributed by atoms with Crippen LogP contribution in [0.15, 0.2) is 28.7 Å². The van der Waals surface area contributed by atoms with E-state index in [9.17, 15) is 9.90 Å². The van der Waals surface area contributed by atoms with Gasteiger partial charge in [0, 0.05) is 11.0 Å². The summed E-state index contributed by atoms with van der Waals surface area (Å²) in [6.07, 6.45) is 0.960. The monoisotopic (exact) mass is 297 g/mol. The summed E-state index contributed by atoms with van der Waals surface area (Å²) in [7, 11) is 0. The molecule has 0 aliphatic carbocycles. The largest absolute Gasteiger partial charge is 0.394 e. The summed E-state index contributed by atoms with van der Waals surface area (Å²) < 4.78 is 0.807. The van der Waals surface area contributed by atoms with E-state index in [1.165, 1.54) is 0 Å². The van der Waals surface area contributed by atoms with E-state index < -0.39 is 0 Å². The Hall–Kier alpha value is -0.870.